The van der Waals surface area contributed by atoms with E-state index in [0.717, 1.165) is 5.75 Å². The van der Waals surface area contributed by atoms with E-state index in [9.17, 15) is 0 Å². The molecule has 0 saturated carbocycles. The van der Waals surface area contributed by atoms with Gasteiger partial charge in [-0.15, -0.1) is 12.4 Å². The van der Waals surface area contributed by atoms with Crippen LogP contribution in [0.3, 0.4) is 0 Å². The molecule has 0 aromatic rings. The molecule has 50 valence electrons. The molecule has 0 aliphatic rings. The summed E-state index contributed by atoms with van der Waals surface area (Å²) < 4.78 is 0. The molecule has 0 spiro atoms. The molecule has 0 aliphatic carbocycles. The molecular weight excluding hydrogens is 142 g/mol. The first-order valence-corrected chi connectivity index (χ1v) is 3.65. The Kier molecular flexibility index (Phi) is 14.5. The maximum atomic E-state index is 5.17. The molecule has 8 heavy (non-hydrogen) atoms. The number of thioether (sulfide) groups is 1. The van der Waals surface area contributed by atoms with Crippen molar-refractivity contribution in [2.45, 2.75) is 0 Å². The van der Waals surface area contributed by atoms with E-state index >= 15 is 0 Å². The molecule has 0 unspecified atom stereocenters. The zero-order chi connectivity index (χ0) is 5.54. The van der Waals surface area contributed by atoms with Gasteiger partial charge < -0.3 is 5.73 Å². The molecular formula is C5H12ClNS. The van der Waals surface area contributed by atoms with Gasteiger partial charge >= 0.3 is 0 Å². The summed E-state index contributed by atoms with van der Waals surface area (Å²) >= 11 is 1.80. The molecule has 0 aliphatic heterocycles. The van der Waals surface area contributed by atoms with Crippen LogP contribution in [0.4, 0.5) is 0 Å². The Bertz CT molecular complexity index is 56.4. The first-order chi connectivity index (χ1) is 3.41. The van der Waals surface area contributed by atoms with Gasteiger partial charge in [-0.25, -0.2) is 0 Å². The van der Waals surface area contributed by atoms with Gasteiger partial charge in [0.2, 0.25) is 0 Å². The van der Waals surface area contributed by atoms with Crippen LogP contribution in [0.5, 0.6) is 0 Å². The molecule has 3 heteroatoms. The highest BCUT2D eigenvalue weighted by atomic mass is 35.5. The van der Waals surface area contributed by atoms with Crippen molar-refractivity contribution in [1.29, 1.82) is 0 Å². The fourth-order valence-corrected chi connectivity index (χ4v) is 0.589. The molecule has 0 aromatic carbocycles. The third-order valence-corrected chi connectivity index (χ3v) is 1.09. The summed E-state index contributed by atoms with van der Waals surface area (Å²) in [7, 11) is 0. The number of hydrogen-bond donors (Lipinski definition) is 1. The topological polar surface area (TPSA) is 26.0 Å². The molecule has 2 N–H and O–H groups in total. The molecule has 1 nitrogen and oxygen atoms in total. The second kappa shape index (κ2) is 10.3. The van der Waals surface area contributed by atoms with E-state index in [4.69, 9.17) is 5.73 Å². The standard InChI is InChI=1S/C5H11NS.ClH/c1-7-5-3-2-4-6;/h2-3H,4-6H2,1H3;1H/b3-2+;. The lowest BCUT2D eigenvalue weighted by Crippen LogP contribution is -1.92. The summed E-state index contributed by atoms with van der Waals surface area (Å²) in [6.45, 7) is 0.667. The smallest absolute Gasteiger partial charge is 0.0111 e. The number of halogens is 1. The average Bonchev–Trinajstić information content (AvgIpc) is 1.69. The van der Waals surface area contributed by atoms with Crippen LogP contribution in [0.1, 0.15) is 0 Å². The van der Waals surface area contributed by atoms with Gasteiger partial charge in [-0.3, -0.25) is 0 Å². The Morgan fingerprint density at radius 2 is 2.12 bits per heavy atom. The lowest BCUT2D eigenvalue weighted by Gasteiger charge is -1.80. The highest BCUT2D eigenvalue weighted by Gasteiger charge is 1.67. The van der Waals surface area contributed by atoms with Gasteiger partial charge in [-0.05, 0) is 6.26 Å². The van der Waals surface area contributed by atoms with Crippen molar-refractivity contribution in [3.63, 3.8) is 0 Å². The van der Waals surface area contributed by atoms with Crippen LogP contribution in [-0.4, -0.2) is 18.6 Å². The van der Waals surface area contributed by atoms with Crippen LogP contribution < -0.4 is 5.73 Å². The van der Waals surface area contributed by atoms with E-state index in [1.807, 2.05) is 6.08 Å². The van der Waals surface area contributed by atoms with E-state index in [0.29, 0.717) is 6.54 Å². The third kappa shape index (κ3) is 9.60. The van der Waals surface area contributed by atoms with Crippen LogP contribution >= 0.6 is 24.2 Å². The van der Waals surface area contributed by atoms with Crippen molar-refractivity contribution < 1.29 is 0 Å². The molecule has 0 amide bonds. The van der Waals surface area contributed by atoms with Gasteiger partial charge in [-0.2, -0.15) is 11.8 Å². The Morgan fingerprint density at radius 3 is 2.50 bits per heavy atom. The monoisotopic (exact) mass is 153 g/mol. The van der Waals surface area contributed by atoms with Crippen molar-refractivity contribution in [2.24, 2.45) is 5.73 Å². The highest BCUT2D eigenvalue weighted by Crippen LogP contribution is 1.89. The van der Waals surface area contributed by atoms with Gasteiger partial charge in [0.1, 0.15) is 0 Å². The first kappa shape index (κ1) is 11.2. The number of rotatable bonds is 3. The molecule has 0 rings (SSSR count). The summed E-state index contributed by atoms with van der Waals surface area (Å²) in [5.41, 5.74) is 5.17. The minimum Gasteiger partial charge on any atom is -0.327 e. The van der Waals surface area contributed by atoms with Gasteiger partial charge in [0.15, 0.2) is 0 Å². The third-order valence-electron chi connectivity index (χ3n) is 0.566. The lowest BCUT2D eigenvalue weighted by atomic mass is 10.5. The highest BCUT2D eigenvalue weighted by molar-refractivity contribution is 7.98. The molecule has 0 saturated heterocycles. The zero-order valence-corrected chi connectivity index (χ0v) is 6.60. The van der Waals surface area contributed by atoms with Gasteiger partial charge in [0.05, 0.1) is 0 Å². The van der Waals surface area contributed by atoms with Crippen LogP contribution in [0.25, 0.3) is 0 Å². The largest absolute Gasteiger partial charge is 0.327 e. The summed E-state index contributed by atoms with van der Waals surface area (Å²) in [5.74, 6) is 1.08. The summed E-state index contributed by atoms with van der Waals surface area (Å²) in [4.78, 5) is 0. The van der Waals surface area contributed by atoms with Gasteiger partial charge in [-0.1, -0.05) is 12.2 Å². The molecule has 0 aromatic heterocycles. The fraction of sp³-hybridized carbons (Fsp3) is 0.600. The van der Waals surface area contributed by atoms with Crippen molar-refractivity contribution in [1.82, 2.24) is 0 Å². The normalized spacial score (nSPS) is 9.25. The van der Waals surface area contributed by atoms with E-state index in [1.54, 1.807) is 11.8 Å². The Morgan fingerprint density at radius 1 is 1.50 bits per heavy atom. The van der Waals surface area contributed by atoms with Crippen molar-refractivity contribution in [2.75, 3.05) is 18.6 Å². The molecule has 0 radical (unpaired) electrons. The lowest BCUT2D eigenvalue weighted by molar-refractivity contribution is 1.25. The minimum atomic E-state index is 0. The van der Waals surface area contributed by atoms with Gasteiger partial charge in [0, 0.05) is 12.3 Å². The summed E-state index contributed by atoms with van der Waals surface area (Å²) in [5, 5.41) is 0. The van der Waals surface area contributed by atoms with Gasteiger partial charge in [0.25, 0.3) is 0 Å². The zero-order valence-electron chi connectivity index (χ0n) is 4.96. The maximum absolute atomic E-state index is 5.17. The number of nitrogens with two attached hydrogens (primary N) is 1. The van der Waals surface area contributed by atoms with Crippen LogP contribution in [0, 0.1) is 0 Å². The summed E-state index contributed by atoms with van der Waals surface area (Å²) in [6, 6.07) is 0. The predicted octanol–water partition coefficient (Wildman–Crippen LogP) is 1.29. The van der Waals surface area contributed by atoms with E-state index in [1.165, 1.54) is 0 Å². The predicted molar refractivity (Wildman–Crippen MR) is 43.8 cm³/mol. The van der Waals surface area contributed by atoms with Crippen LogP contribution in [0.2, 0.25) is 0 Å². The second-order valence-corrected chi connectivity index (χ2v) is 2.07. The van der Waals surface area contributed by atoms with Crippen LogP contribution in [-0.2, 0) is 0 Å². The Labute approximate surface area is 61.1 Å². The molecule has 0 bridgehead atoms. The first-order valence-electron chi connectivity index (χ1n) is 2.26. The van der Waals surface area contributed by atoms with Crippen molar-refractivity contribution in [3.8, 4) is 0 Å². The maximum Gasteiger partial charge on any atom is 0.0111 e. The Hall–Kier alpha value is 0.340. The minimum absolute atomic E-state index is 0. The molecule has 0 atom stereocenters. The van der Waals surface area contributed by atoms with Crippen molar-refractivity contribution >= 4 is 24.2 Å². The second-order valence-electron chi connectivity index (χ2n) is 1.16. The fourth-order valence-electron chi connectivity index (χ4n) is 0.260. The Balaban J connectivity index is 0. The quantitative estimate of drug-likeness (QED) is 0.619. The molecule has 0 fully saturated rings. The molecule has 0 heterocycles. The van der Waals surface area contributed by atoms with Crippen molar-refractivity contribution in [3.05, 3.63) is 12.2 Å². The summed E-state index contributed by atoms with van der Waals surface area (Å²) in [6.07, 6.45) is 6.11. The van der Waals surface area contributed by atoms with Crippen LogP contribution in [0.15, 0.2) is 12.2 Å². The SMILES string of the molecule is CSC/C=C/CN.Cl. The number of hydrogen-bond acceptors (Lipinski definition) is 2. The average molecular weight is 154 g/mol. The van der Waals surface area contributed by atoms with E-state index in [2.05, 4.69) is 12.3 Å². The van der Waals surface area contributed by atoms with E-state index in [-0.39, 0.29) is 12.4 Å². The van der Waals surface area contributed by atoms with E-state index < -0.39 is 0 Å².